The predicted molar refractivity (Wildman–Crippen MR) is 265 cm³/mol. The summed E-state index contributed by atoms with van der Waals surface area (Å²) < 4.78 is 10.6. The molecule has 5 nitrogen and oxygen atoms in total. The first-order valence-electron chi connectivity index (χ1n) is 27.7. The Morgan fingerprint density at radius 1 is 0.361 bits per heavy atom. The van der Waals surface area contributed by atoms with Crippen molar-refractivity contribution in [2.45, 2.75) is 322 Å². The molecule has 0 fully saturated rings. The molecule has 0 heterocycles. The van der Waals surface area contributed by atoms with Gasteiger partial charge < -0.3 is 14.6 Å². The normalized spacial score (nSPS) is 12.1. The van der Waals surface area contributed by atoms with Gasteiger partial charge in [0.2, 0.25) is 0 Å². The number of hydrogen-bond acceptors (Lipinski definition) is 5. The smallest absolute Gasteiger partial charge is 0.306 e. The lowest BCUT2D eigenvalue weighted by Gasteiger charge is -2.15. The molecule has 61 heavy (non-hydrogen) atoms. The van der Waals surface area contributed by atoms with Crippen molar-refractivity contribution in [3.8, 4) is 0 Å². The van der Waals surface area contributed by atoms with Crippen molar-refractivity contribution in [3.05, 3.63) is 12.2 Å². The second kappa shape index (κ2) is 53.0. The molecule has 1 unspecified atom stereocenters. The maximum absolute atomic E-state index is 12.2. The quantitative estimate of drug-likeness (QED) is 0.0375. The maximum atomic E-state index is 12.2. The van der Waals surface area contributed by atoms with E-state index in [-0.39, 0.29) is 25.2 Å². The topological polar surface area (TPSA) is 72.8 Å². The molecule has 0 aliphatic carbocycles. The van der Waals surface area contributed by atoms with Crippen LogP contribution in [-0.2, 0) is 19.1 Å². The van der Waals surface area contributed by atoms with Crippen molar-refractivity contribution in [2.24, 2.45) is 0 Å². The summed E-state index contributed by atoms with van der Waals surface area (Å²) in [6.07, 6.45) is 65.2. The minimum Gasteiger partial charge on any atom is -0.462 e. The average Bonchev–Trinajstić information content (AvgIpc) is 3.26. The van der Waals surface area contributed by atoms with Crippen LogP contribution in [0.2, 0.25) is 0 Å². The van der Waals surface area contributed by atoms with E-state index in [1.54, 1.807) is 0 Å². The fourth-order valence-corrected chi connectivity index (χ4v) is 8.61. The molecule has 0 amide bonds. The van der Waals surface area contributed by atoms with Crippen LogP contribution in [0.3, 0.4) is 0 Å². The van der Waals surface area contributed by atoms with Crippen molar-refractivity contribution in [3.63, 3.8) is 0 Å². The summed E-state index contributed by atoms with van der Waals surface area (Å²) >= 11 is 0. The average molecular weight is 861 g/mol. The molecule has 362 valence electrons. The Morgan fingerprint density at radius 3 is 0.885 bits per heavy atom. The fraction of sp³-hybridized carbons (Fsp3) is 0.929. The number of unbranched alkanes of at least 4 members (excludes halogenated alkanes) is 42. The molecule has 1 atom stereocenters. The van der Waals surface area contributed by atoms with E-state index in [2.05, 4.69) is 26.0 Å². The zero-order chi connectivity index (χ0) is 44.2. The van der Waals surface area contributed by atoms with Crippen LogP contribution < -0.4 is 0 Å². The van der Waals surface area contributed by atoms with Crippen LogP contribution in [0.4, 0.5) is 0 Å². The van der Waals surface area contributed by atoms with Crippen LogP contribution in [0.5, 0.6) is 0 Å². The standard InChI is InChI=1S/C56H108O5/c1-3-5-7-9-11-13-14-15-16-17-18-19-20-21-22-23-24-25-26-27-28-29-30-31-32-33-34-35-36-37-38-39-40-41-42-43-45-47-49-51-56(59)61-54(52-57)53-60-55(58)50-48-46-44-12-10-8-6-4-2/h17-18,54,57H,3-16,19-53H2,1-2H3/b18-17-. The molecule has 0 saturated heterocycles. The Bertz CT molecular complexity index is 886. The monoisotopic (exact) mass is 861 g/mol. The predicted octanol–water partition coefficient (Wildman–Crippen LogP) is 18.4. The highest BCUT2D eigenvalue weighted by molar-refractivity contribution is 5.70. The number of aliphatic hydroxyl groups excluding tert-OH is 1. The first-order chi connectivity index (χ1) is 30.1. The van der Waals surface area contributed by atoms with Crippen LogP contribution >= 0.6 is 0 Å². The number of carbonyl (C=O) groups is 2. The van der Waals surface area contributed by atoms with Crippen LogP contribution in [0.1, 0.15) is 316 Å². The van der Waals surface area contributed by atoms with Crippen molar-refractivity contribution in [2.75, 3.05) is 13.2 Å². The van der Waals surface area contributed by atoms with Gasteiger partial charge in [-0.2, -0.15) is 0 Å². The lowest BCUT2D eigenvalue weighted by atomic mass is 10.0. The number of ether oxygens (including phenoxy) is 2. The summed E-state index contributed by atoms with van der Waals surface area (Å²) in [6, 6.07) is 0. The van der Waals surface area contributed by atoms with E-state index in [0.717, 1.165) is 38.5 Å². The third-order valence-corrected chi connectivity index (χ3v) is 12.8. The molecular weight excluding hydrogens is 753 g/mol. The van der Waals surface area contributed by atoms with E-state index >= 15 is 0 Å². The van der Waals surface area contributed by atoms with Crippen molar-refractivity contribution < 1.29 is 24.2 Å². The summed E-state index contributed by atoms with van der Waals surface area (Å²) in [5, 5.41) is 9.56. The SMILES string of the molecule is CCCCCCCCCC/C=C\CCCCCCCCCCCCCCCCCCCCCCCCCCCCCC(=O)OC(CO)COC(=O)CCCCCCCCCC. The summed E-state index contributed by atoms with van der Waals surface area (Å²) in [7, 11) is 0. The first kappa shape index (κ1) is 59.6. The number of rotatable bonds is 52. The van der Waals surface area contributed by atoms with Crippen LogP contribution in [0.25, 0.3) is 0 Å². The van der Waals surface area contributed by atoms with Gasteiger partial charge in [0.25, 0.3) is 0 Å². The van der Waals surface area contributed by atoms with Gasteiger partial charge in [-0.25, -0.2) is 0 Å². The zero-order valence-electron chi connectivity index (χ0n) is 41.5. The van der Waals surface area contributed by atoms with E-state index < -0.39 is 6.10 Å². The number of aliphatic hydroxyl groups is 1. The molecule has 5 heteroatoms. The largest absolute Gasteiger partial charge is 0.462 e. The second-order valence-electron chi connectivity index (χ2n) is 19.0. The number of allylic oxidation sites excluding steroid dienone is 2. The van der Waals surface area contributed by atoms with Gasteiger partial charge >= 0.3 is 11.9 Å². The minimum absolute atomic E-state index is 0.0585. The van der Waals surface area contributed by atoms with Gasteiger partial charge in [-0.15, -0.1) is 0 Å². The van der Waals surface area contributed by atoms with E-state index in [1.165, 1.54) is 250 Å². The Morgan fingerprint density at radius 2 is 0.607 bits per heavy atom. The summed E-state index contributed by atoms with van der Waals surface area (Å²) in [4.78, 5) is 24.2. The molecule has 0 aromatic carbocycles. The highest BCUT2D eigenvalue weighted by atomic mass is 16.6. The van der Waals surface area contributed by atoms with E-state index in [0.29, 0.717) is 12.8 Å². The van der Waals surface area contributed by atoms with Crippen LogP contribution in [0, 0.1) is 0 Å². The highest BCUT2D eigenvalue weighted by Crippen LogP contribution is 2.18. The zero-order valence-corrected chi connectivity index (χ0v) is 41.5. The van der Waals surface area contributed by atoms with E-state index in [9.17, 15) is 14.7 Å². The summed E-state index contributed by atoms with van der Waals surface area (Å²) in [5.41, 5.74) is 0. The molecule has 0 bridgehead atoms. The maximum Gasteiger partial charge on any atom is 0.306 e. The highest BCUT2D eigenvalue weighted by Gasteiger charge is 2.16. The van der Waals surface area contributed by atoms with Gasteiger partial charge in [0.05, 0.1) is 6.61 Å². The van der Waals surface area contributed by atoms with Crippen molar-refractivity contribution >= 4 is 11.9 Å². The molecule has 0 aromatic heterocycles. The van der Waals surface area contributed by atoms with E-state index in [4.69, 9.17) is 9.47 Å². The molecule has 1 N–H and O–H groups in total. The molecule has 0 aliphatic rings. The number of hydrogen-bond donors (Lipinski definition) is 1. The van der Waals surface area contributed by atoms with Gasteiger partial charge in [-0.1, -0.05) is 276 Å². The Hall–Kier alpha value is -1.36. The third kappa shape index (κ3) is 51.2. The molecule has 0 aromatic rings. The van der Waals surface area contributed by atoms with Crippen LogP contribution in [-0.4, -0.2) is 36.4 Å². The van der Waals surface area contributed by atoms with E-state index in [1.807, 2.05) is 0 Å². The summed E-state index contributed by atoms with van der Waals surface area (Å²) in [5.74, 6) is -0.578. The Kier molecular flexibility index (Phi) is 51.8. The number of carbonyl (C=O) groups excluding carboxylic acids is 2. The lowest BCUT2D eigenvalue weighted by molar-refractivity contribution is -0.161. The molecule has 0 spiro atoms. The molecule has 0 aliphatic heterocycles. The Balaban J connectivity index is 3.30. The van der Waals surface area contributed by atoms with Crippen molar-refractivity contribution in [1.82, 2.24) is 0 Å². The van der Waals surface area contributed by atoms with Gasteiger partial charge in [0, 0.05) is 12.8 Å². The molecule has 0 radical (unpaired) electrons. The summed E-state index contributed by atoms with van der Waals surface area (Å²) in [6.45, 7) is 4.14. The lowest BCUT2D eigenvalue weighted by Crippen LogP contribution is -2.28. The molecule has 0 rings (SSSR count). The second-order valence-corrected chi connectivity index (χ2v) is 19.0. The third-order valence-electron chi connectivity index (χ3n) is 12.8. The molecule has 0 saturated carbocycles. The van der Waals surface area contributed by atoms with Gasteiger partial charge in [0.1, 0.15) is 6.61 Å². The van der Waals surface area contributed by atoms with Gasteiger partial charge in [0.15, 0.2) is 6.10 Å². The van der Waals surface area contributed by atoms with Crippen LogP contribution in [0.15, 0.2) is 12.2 Å². The van der Waals surface area contributed by atoms with Gasteiger partial charge in [-0.05, 0) is 38.5 Å². The fourth-order valence-electron chi connectivity index (χ4n) is 8.61. The van der Waals surface area contributed by atoms with Crippen molar-refractivity contribution in [1.29, 1.82) is 0 Å². The Labute approximate surface area is 381 Å². The molecular formula is C56H108O5. The van der Waals surface area contributed by atoms with Gasteiger partial charge in [-0.3, -0.25) is 9.59 Å². The first-order valence-corrected chi connectivity index (χ1v) is 27.7. The number of esters is 2. The minimum atomic E-state index is -0.762.